The van der Waals surface area contributed by atoms with Crippen molar-refractivity contribution < 1.29 is 9.63 Å². The van der Waals surface area contributed by atoms with Crippen LogP contribution in [0.15, 0.2) is 65.8 Å². The van der Waals surface area contributed by atoms with Gasteiger partial charge in [0.25, 0.3) is 0 Å². The Hall–Kier alpha value is -2.46. The molecule has 0 unspecified atom stereocenters. The highest BCUT2D eigenvalue weighted by Gasteiger charge is 2.28. The Kier molecular flexibility index (Phi) is 5.61. The third-order valence-electron chi connectivity index (χ3n) is 4.69. The molecule has 4 heteroatoms. The molecular weight excluding hydrogens is 312 g/mol. The molecule has 1 fully saturated rings. The average Bonchev–Trinajstić information content (AvgIpc) is 2.64. The number of benzene rings is 2. The van der Waals surface area contributed by atoms with Gasteiger partial charge in [-0.2, -0.15) is 0 Å². The van der Waals surface area contributed by atoms with Crippen molar-refractivity contribution in [3.8, 4) is 0 Å². The van der Waals surface area contributed by atoms with Crippen LogP contribution >= 0.6 is 0 Å². The van der Waals surface area contributed by atoms with Crippen LogP contribution in [0.2, 0.25) is 0 Å². The molecule has 2 atom stereocenters. The van der Waals surface area contributed by atoms with Gasteiger partial charge in [0.1, 0.15) is 0 Å². The number of rotatable bonds is 4. The van der Waals surface area contributed by atoms with Gasteiger partial charge in [-0.3, -0.25) is 4.90 Å². The molecule has 2 aromatic rings. The first-order chi connectivity index (χ1) is 12.1. The van der Waals surface area contributed by atoms with Crippen LogP contribution in [0.1, 0.15) is 36.2 Å². The number of hydrogen-bond acceptors (Lipinski definition) is 4. The number of oxime groups is 1. The molecule has 0 bridgehead atoms. The maximum absolute atomic E-state index is 12.0. The van der Waals surface area contributed by atoms with Crippen LogP contribution in [0.25, 0.3) is 0 Å². The van der Waals surface area contributed by atoms with Crippen molar-refractivity contribution in [3.05, 3.63) is 71.8 Å². The number of piperidine rings is 1. The van der Waals surface area contributed by atoms with E-state index in [2.05, 4.69) is 48.2 Å². The SMILES string of the molecule is C[C@@H]1C/C(=N/OC(=O)c2ccccc2)[C@@H](C)CN1Cc1ccccc1. The lowest BCUT2D eigenvalue weighted by Gasteiger charge is -2.37. The molecule has 1 heterocycles. The van der Waals surface area contributed by atoms with Crippen molar-refractivity contribution in [1.82, 2.24) is 4.90 Å². The van der Waals surface area contributed by atoms with Crippen LogP contribution < -0.4 is 0 Å². The second kappa shape index (κ2) is 8.08. The Labute approximate surface area is 149 Å². The number of nitrogens with zero attached hydrogens (tertiary/aromatic N) is 2. The lowest BCUT2D eigenvalue weighted by atomic mass is 9.92. The summed E-state index contributed by atoms with van der Waals surface area (Å²) in [6, 6.07) is 19.8. The maximum atomic E-state index is 12.0. The van der Waals surface area contributed by atoms with Crippen molar-refractivity contribution in [2.45, 2.75) is 32.9 Å². The molecule has 0 radical (unpaired) electrons. The first-order valence-corrected chi connectivity index (χ1v) is 8.74. The van der Waals surface area contributed by atoms with E-state index in [4.69, 9.17) is 4.84 Å². The van der Waals surface area contributed by atoms with Gasteiger partial charge in [-0.25, -0.2) is 4.79 Å². The Bertz CT molecular complexity index is 728. The van der Waals surface area contributed by atoms with Crippen LogP contribution in [0.4, 0.5) is 0 Å². The van der Waals surface area contributed by atoms with Gasteiger partial charge in [-0.15, -0.1) is 0 Å². The van der Waals surface area contributed by atoms with E-state index in [1.165, 1.54) is 5.56 Å². The molecule has 0 aliphatic carbocycles. The minimum atomic E-state index is -0.403. The van der Waals surface area contributed by atoms with E-state index in [0.29, 0.717) is 11.6 Å². The molecule has 3 rings (SSSR count). The Morgan fingerprint density at radius 3 is 2.40 bits per heavy atom. The molecule has 0 aromatic heterocycles. The number of carbonyl (C=O) groups excluding carboxylic acids is 1. The molecule has 1 aliphatic rings. The average molecular weight is 336 g/mol. The van der Waals surface area contributed by atoms with E-state index in [0.717, 1.165) is 25.2 Å². The second-order valence-electron chi connectivity index (χ2n) is 6.70. The monoisotopic (exact) mass is 336 g/mol. The Balaban J connectivity index is 1.61. The third kappa shape index (κ3) is 4.54. The topological polar surface area (TPSA) is 41.9 Å². The van der Waals surface area contributed by atoms with Gasteiger partial charge in [0.05, 0.1) is 11.3 Å². The van der Waals surface area contributed by atoms with Crippen LogP contribution in [0, 0.1) is 5.92 Å². The minimum Gasteiger partial charge on any atom is -0.313 e. The number of likely N-dealkylation sites (tertiary alicyclic amines) is 1. The van der Waals surface area contributed by atoms with Crippen molar-refractivity contribution >= 4 is 11.7 Å². The molecule has 0 spiro atoms. The predicted octanol–water partition coefficient (Wildman–Crippen LogP) is 4.13. The van der Waals surface area contributed by atoms with E-state index in [1.807, 2.05) is 24.3 Å². The summed E-state index contributed by atoms with van der Waals surface area (Å²) in [5.74, 6) is -0.136. The molecular formula is C21H24N2O2. The summed E-state index contributed by atoms with van der Waals surface area (Å²) in [6.07, 6.45) is 0.816. The van der Waals surface area contributed by atoms with Gasteiger partial charge < -0.3 is 4.84 Å². The van der Waals surface area contributed by atoms with Gasteiger partial charge in [-0.05, 0) is 24.6 Å². The van der Waals surface area contributed by atoms with Crippen LogP contribution in [-0.4, -0.2) is 29.2 Å². The van der Waals surface area contributed by atoms with Gasteiger partial charge in [0.15, 0.2) is 0 Å². The van der Waals surface area contributed by atoms with E-state index in [1.54, 1.807) is 12.1 Å². The molecule has 2 aromatic carbocycles. The highest BCUT2D eigenvalue weighted by atomic mass is 16.7. The maximum Gasteiger partial charge on any atom is 0.365 e. The molecule has 4 nitrogen and oxygen atoms in total. The van der Waals surface area contributed by atoms with Gasteiger partial charge in [0, 0.05) is 31.5 Å². The highest BCUT2D eigenvalue weighted by molar-refractivity contribution is 5.91. The first kappa shape index (κ1) is 17.4. The van der Waals surface area contributed by atoms with E-state index in [-0.39, 0.29) is 5.92 Å². The summed E-state index contributed by atoms with van der Waals surface area (Å²) >= 11 is 0. The summed E-state index contributed by atoms with van der Waals surface area (Å²) in [6.45, 7) is 6.18. The molecule has 1 aliphatic heterocycles. The third-order valence-corrected chi connectivity index (χ3v) is 4.69. The zero-order valence-corrected chi connectivity index (χ0v) is 14.8. The Morgan fingerprint density at radius 1 is 1.08 bits per heavy atom. The molecule has 0 saturated carbocycles. The zero-order valence-electron chi connectivity index (χ0n) is 14.8. The van der Waals surface area contributed by atoms with Crippen LogP contribution in [0.5, 0.6) is 0 Å². The normalized spacial score (nSPS) is 22.7. The molecule has 0 amide bonds. The van der Waals surface area contributed by atoms with Crippen molar-refractivity contribution in [2.24, 2.45) is 11.1 Å². The first-order valence-electron chi connectivity index (χ1n) is 8.74. The van der Waals surface area contributed by atoms with Crippen LogP contribution in [-0.2, 0) is 11.4 Å². The van der Waals surface area contributed by atoms with Gasteiger partial charge >= 0.3 is 5.97 Å². The molecule has 1 saturated heterocycles. The minimum absolute atomic E-state index is 0.267. The van der Waals surface area contributed by atoms with E-state index >= 15 is 0 Å². The summed E-state index contributed by atoms with van der Waals surface area (Å²) in [5.41, 5.74) is 2.80. The highest BCUT2D eigenvalue weighted by Crippen LogP contribution is 2.22. The summed E-state index contributed by atoms with van der Waals surface area (Å²) in [7, 11) is 0. The van der Waals surface area contributed by atoms with Crippen molar-refractivity contribution in [1.29, 1.82) is 0 Å². The molecule has 130 valence electrons. The predicted molar refractivity (Wildman–Crippen MR) is 99.4 cm³/mol. The summed E-state index contributed by atoms with van der Waals surface area (Å²) < 4.78 is 0. The van der Waals surface area contributed by atoms with Crippen LogP contribution in [0.3, 0.4) is 0 Å². The standard InChI is InChI=1S/C21H24N2O2/c1-16-14-23(15-18-9-5-3-6-10-18)17(2)13-20(16)22-25-21(24)19-11-7-4-8-12-19/h3-12,16-17H,13-15H2,1-2H3/b22-20-/t16-,17+/m0/s1. The fourth-order valence-corrected chi connectivity index (χ4v) is 3.16. The summed E-state index contributed by atoms with van der Waals surface area (Å²) in [5, 5.41) is 4.17. The van der Waals surface area contributed by atoms with E-state index < -0.39 is 5.97 Å². The molecule has 25 heavy (non-hydrogen) atoms. The van der Waals surface area contributed by atoms with Gasteiger partial charge in [0.2, 0.25) is 0 Å². The zero-order chi connectivity index (χ0) is 17.6. The quantitative estimate of drug-likeness (QED) is 0.623. The smallest absolute Gasteiger partial charge is 0.313 e. The Morgan fingerprint density at radius 2 is 1.72 bits per heavy atom. The fraction of sp³-hybridized carbons (Fsp3) is 0.333. The molecule has 0 N–H and O–H groups in total. The van der Waals surface area contributed by atoms with Crippen molar-refractivity contribution in [3.63, 3.8) is 0 Å². The largest absolute Gasteiger partial charge is 0.365 e. The number of carbonyl (C=O) groups is 1. The van der Waals surface area contributed by atoms with Gasteiger partial charge in [-0.1, -0.05) is 60.6 Å². The van der Waals surface area contributed by atoms with Crippen molar-refractivity contribution in [2.75, 3.05) is 6.54 Å². The lowest BCUT2D eigenvalue weighted by Crippen LogP contribution is -2.45. The summed E-state index contributed by atoms with van der Waals surface area (Å²) in [4.78, 5) is 19.7. The van der Waals surface area contributed by atoms with E-state index in [9.17, 15) is 4.79 Å². The fourth-order valence-electron chi connectivity index (χ4n) is 3.16. The lowest BCUT2D eigenvalue weighted by molar-refractivity contribution is 0.0506. The second-order valence-corrected chi connectivity index (χ2v) is 6.70. The number of hydrogen-bond donors (Lipinski definition) is 0.